The second-order valence-corrected chi connectivity index (χ2v) is 6.79. The van der Waals surface area contributed by atoms with Gasteiger partial charge < -0.3 is 10.2 Å². The third-order valence-corrected chi connectivity index (χ3v) is 4.99. The molecule has 2 fully saturated rings. The lowest BCUT2D eigenvalue weighted by Crippen LogP contribution is -2.49. The summed E-state index contributed by atoms with van der Waals surface area (Å²) < 4.78 is 0. The summed E-state index contributed by atoms with van der Waals surface area (Å²) in [6.07, 6.45) is 6.38. The normalized spacial score (nSPS) is 19.8. The summed E-state index contributed by atoms with van der Waals surface area (Å²) in [5.41, 5.74) is 1.10. The van der Waals surface area contributed by atoms with Crippen molar-refractivity contribution >= 4 is 17.5 Å². The molecule has 5 nitrogen and oxygen atoms in total. The van der Waals surface area contributed by atoms with Crippen LogP contribution in [0.1, 0.15) is 50.5 Å². The lowest BCUT2D eigenvalue weighted by molar-refractivity contribution is -0.122. The number of amides is 2. The molecule has 0 bridgehead atoms. The quantitative estimate of drug-likeness (QED) is 0.925. The largest absolute Gasteiger partial charge is 0.338 e. The Balaban J connectivity index is 1.60. The van der Waals surface area contributed by atoms with E-state index in [0.717, 1.165) is 56.3 Å². The van der Waals surface area contributed by atoms with E-state index in [9.17, 15) is 14.9 Å². The molecule has 1 saturated carbocycles. The first-order valence-corrected chi connectivity index (χ1v) is 8.73. The molecule has 1 aliphatic heterocycles. The molecule has 1 N–H and O–H groups in total. The predicted molar refractivity (Wildman–Crippen MR) is 91.3 cm³/mol. The Labute approximate surface area is 142 Å². The number of nitriles is 1. The number of rotatable bonds is 4. The van der Waals surface area contributed by atoms with Crippen LogP contribution >= 0.6 is 0 Å². The van der Waals surface area contributed by atoms with Gasteiger partial charge in [0.25, 0.3) is 0 Å². The number of carbonyl (C=O) groups is 2. The van der Waals surface area contributed by atoms with E-state index in [1.165, 1.54) is 0 Å². The summed E-state index contributed by atoms with van der Waals surface area (Å²) in [5.74, 6) is 0.0530. The molecule has 2 aliphatic rings. The van der Waals surface area contributed by atoms with Crippen molar-refractivity contribution < 1.29 is 9.59 Å². The highest BCUT2D eigenvalue weighted by molar-refractivity contribution is 5.95. The van der Waals surface area contributed by atoms with Crippen molar-refractivity contribution in [3.05, 3.63) is 29.8 Å². The summed E-state index contributed by atoms with van der Waals surface area (Å²) in [7, 11) is 0. The van der Waals surface area contributed by atoms with Gasteiger partial charge in [0.1, 0.15) is 5.54 Å². The molecule has 0 aromatic heterocycles. The van der Waals surface area contributed by atoms with Crippen molar-refractivity contribution in [2.45, 2.75) is 56.9 Å². The van der Waals surface area contributed by atoms with Gasteiger partial charge in [-0.2, -0.15) is 5.26 Å². The number of carbonyl (C=O) groups excluding carboxylic acids is 2. The molecule has 126 valence electrons. The van der Waals surface area contributed by atoms with Gasteiger partial charge in [0.15, 0.2) is 0 Å². The van der Waals surface area contributed by atoms with Crippen molar-refractivity contribution in [3.63, 3.8) is 0 Å². The van der Waals surface area contributed by atoms with Crippen molar-refractivity contribution in [1.82, 2.24) is 5.32 Å². The maximum atomic E-state index is 12.3. The smallest absolute Gasteiger partial charge is 0.227 e. The molecule has 1 aliphatic carbocycles. The summed E-state index contributed by atoms with van der Waals surface area (Å²) in [5, 5.41) is 12.4. The van der Waals surface area contributed by atoms with E-state index in [1.54, 1.807) is 4.90 Å². The number of hydrogen-bond acceptors (Lipinski definition) is 3. The van der Waals surface area contributed by atoms with Crippen molar-refractivity contribution in [1.29, 1.82) is 5.26 Å². The minimum atomic E-state index is -0.683. The minimum absolute atomic E-state index is 0.108. The van der Waals surface area contributed by atoms with Crippen LogP contribution in [0, 0.1) is 11.3 Å². The average Bonchev–Trinajstić information content (AvgIpc) is 3.02. The molecular weight excluding hydrogens is 302 g/mol. The van der Waals surface area contributed by atoms with Gasteiger partial charge in [0.2, 0.25) is 11.8 Å². The highest BCUT2D eigenvalue weighted by atomic mass is 16.2. The first-order valence-electron chi connectivity index (χ1n) is 8.73. The Morgan fingerprint density at radius 2 is 1.88 bits per heavy atom. The molecule has 0 atom stereocenters. The zero-order chi connectivity index (χ0) is 17.0. The van der Waals surface area contributed by atoms with E-state index in [2.05, 4.69) is 11.4 Å². The fourth-order valence-electron chi connectivity index (χ4n) is 3.63. The van der Waals surface area contributed by atoms with Gasteiger partial charge in [0, 0.05) is 18.7 Å². The molecule has 5 heteroatoms. The van der Waals surface area contributed by atoms with Crippen LogP contribution in [0.2, 0.25) is 0 Å². The summed E-state index contributed by atoms with van der Waals surface area (Å²) in [4.78, 5) is 25.9. The van der Waals surface area contributed by atoms with Gasteiger partial charge in [-0.05, 0) is 37.0 Å². The van der Waals surface area contributed by atoms with Gasteiger partial charge in [-0.15, -0.1) is 0 Å². The Bertz CT molecular complexity index is 654. The summed E-state index contributed by atoms with van der Waals surface area (Å²) in [6.45, 7) is 0.767. The highest BCUT2D eigenvalue weighted by Gasteiger charge is 2.33. The van der Waals surface area contributed by atoms with Crippen LogP contribution in [0.3, 0.4) is 0 Å². The van der Waals surface area contributed by atoms with Crippen molar-refractivity contribution in [2.75, 3.05) is 11.4 Å². The van der Waals surface area contributed by atoms with Crippen LogP contribution < -0.4 is 10.2 Å². The van der Waals surface area contributed by atoms with Gasteiger partial charge in [-0.25, -0.2) is 0 Å². The molecule has 0 unspecified atom stereocenters. The fraction of sp³-hybridized carbons (Fsp3) is 0.526. The van der Waals surface area contributed by atoms with Crippen LogP contribution in [0.4, 0.5) is 5.69 Å². The molecule has 2 amide bonds. The van der Waals surface area contributed by atoms with Crippen LogP contribution in [-0.2, 0) is 16.0 Å². The second-order valence-electron chi connectivity index (χ2n) is 6.79. The molecule has 3 rings (SSSR count). The van der Waals surface area contributed by atoms with Crippen LogP contribution in [0.15, 0.2) is 24.3 Å². The van der Waals surface area contributed by atoms with E-state index < -0.39 is 5.54 Å². The summed E-state index contributed by atoms with van der Waals surface area (Å²) in [6, 6.07) is 9.88. The number of benzene rings is 1. The Kier molecular flexibility index (Phi) is 4.84. The van der Waals surface area contributed by atoms with Gasteiger partial charge >= 0.3 is 0 Å². The van der Waals surface area contributed by atoms with E-state index in [0.29, 0.717) is 6.42 Å². The molecule has 24 heavy (non-hydrogen) atoms. The molecule has 1 aromatic carbocycles. The maximum absolute atomic E-state index is 12.3. The summed E-state index contributed by atoms with van der Waals surface area (Å²) >= 11 is 0. The first-order chi connectivity index (χ1) is 11.6. The molecular formula is C19H23N3O2. The van der Waals surface area contributed by atoms with Crippen LogP contribution in [-0.4, -0.2) is 23.9 Å². The van der Waals surface area contributed by atoms with Gasteiger partial charge in [-0.3, -0.25) is 9.59 Å². The molecule has 0 radical (unpaired) electrons. The highest BCUT2D eigenvalue weighted by Crippen LogP contribution is 2.27. The van der Waals surface area contributed by atoms with Crippen molar-refractivity contribution in [3.8, 4) is 6.07 Å². The lowest BCUT2D eigenvalue weighted by Gasteiger charge is -2.31. The number of nitrogens with zero attached hydrogens (tertiary/aromatic N) is 2. The SMILES string of the molecule is N#CC1(NC(=O)Cc2ccc(N3CCCC3=O)cc2)CCCCC1. The molecule has 1 heterocycles. The van der Waals surface area contributed by atoms with E-state index in [4.69, 9.17) is 0 Å². The van der Waals surface area contributed by atoms with E-state index >= 15 is 0 Å². The molecule has 0 spiro atoms. The Hall–Kier alpha value is -2.35. The van der Waals surface area contributed by atoms with E-state index in [1.807, 2.05) is 24.3 Å². The van der Waals surface area contributed by atoms with Crippen LogP contribution in [0.25, 0.3) is 0 Å². The Morgan fingerprint density at radius 3 is 2.46 bits per heavy atom. The standard InChI is InChI=1S/C19H23N3O2/c20-14-19(10-2-1-3-11-19)21-17(23)13-15-6-8-16(9-7-15)22-12-4-5-18(22)24/h6-9H,1-5,10-13H2,(H,21,23). The number of hydrogen-bond donors (Lipinski definition) is 1. The first kappa shape index (κ1) is 16.5. The monoisotopic (exact) mass is 325 g/mol. The fourth-order valence-corrected chi connectivity index (χ4v) is 3.63. The zero-order valence-corrected chi connectivity index (χ0v) is 13.9. The topological polar surface area (TPSA) is 73.2 Å². The third-order valence-electron chi connectivity index (χ3n) is 4.99. The minimum Gasteiger partial charge on any atom is -0.338 e. The lowest BCUT2D eigenvalue weighted by atomic mass is 9.82. The average molecular weight is 325 g/mol. The molecule has 1 saturated heterocycles. The Morgan fingerprint density at radius 1 is 1.17 bits per heavy atom. The second kappa shape index (κ2) is 7.04. The van der Waals surface area contributed by atoms with Gasteiger partial charge in [0.05, 0.1) is 12.5 Å². The molecule has 1 aromatic rings. The van der Waals surface area contributed by atoms with Crippen molar-refractivity contribution in [2.24, 2.45) is 0 Å². The number of nitrogens with one attached hydrogen (secondary N) is 1. The number of anilines is 1. The zero-order valence-electron chi connectivity index (χ0n) is 13.9. The third kappa shape index (κ3) is 3.59. The maximum Gasteiger partial charge on any atom is 0.227 e. The van der Waals surface area contributed by atoms with Crippen LogP contribution in [0.5, 0.6) is 0 Å². The van der Waals surface area contributed by atoms with E-state index in [-0.39, 0.29) is 18.2 Å². The van der Waals surface area contributed by atoms with Gasteiger partial charge in [-0.1, -0.05) is 31.4 Å². The predicted octanol–water partition coefficient (Wildman–Crippen LogP) is 2.70.